The van der Waals surface area contributed by atoms with Crippen LogP contribution in [-0.2, 0) is 4.79 Å². The summed E-state index contributed by atoms with van der Waals surface area (Å²) in [6, 6.07) is 17.7. The first kappa shape index (κ1) is 20.5. The van der Waals surface area contributed by atoms with Crippen molar-refractivity contribution in [2.45, 2.75) is 6.04 Å². The number of aromatic nitrogens is 1. The number of ketones is 1. The Morgan fingerprint density at radius 2 is 1.73 bits per heavy atom. The van der Waals surface area contributed by atoms with Crippen molar-refractivity contribution in [1.82, 2.24) is 10.0 Å². The molecular weight excluding hydrogens is 425 g/mol. The van der Waals surface area contributed by atoms with Crippen molar-refractivity contribution in [3.63, 3.8) is 0 Å². The van der Waals surface area contributed by atoms with Crippen LogP contribution in [0.25, 0.3) is 0 Å². The van der Waals surface area contributed by atoms with E-state index in [2.05, 4.69) is 4.98 Å². The Morgan fingerprint density at radius 3 is 2.47 bits per heavy atom. The Morgan fingerprint density at radius 1 is 1.03 bits per heavy atom. The van der Waals surface area contributed by atoms with Crippen LogP contribution < -0.4 is 4.90 Å². The predicted molar refractivity (Wildman–Crippen MR) is 116 cm³/mol. The molecule has 1 atom stereocenters. The van der Waals surface area contributed by atoms with Gasteiger partial charge in [0.15, 0.2) is 5.78 Å². The quantitative estimate of drug-likeness (QED) is 0.440. The Balaban J connectivity index is 1.81. The highest BCUT2D eigenvalue weighted by Gasteiger charge is 2.33. The summed E-state index contributed by atoms with van der Waals surface area (Å²) < 4.78 is 0. The largest absolute Gasteiger partial charge is 0.784 e. The van der Waals surface area contributed by atoms with Gasteiger partial charge in [-0.2, -0.15) is 0 Å². The van der Waals surface area contributed by atoms with Gasteiger partial charge in [-0.1, -0.05) is 71.7 Å². The molecule has 0 spiro atoms. The first-order valence-corrected chi connectivity index (χ1v) is 9.94. The molecule has 6 nitrogen and oxygen atoms in total. The van der Waals surface area contributed by atoms with Crippen LogP contribution in [0.2, 0.25) is 10.2 Å². The molecule has 0 saturated carbocycles. The molecule has 2 heterocycles. The van der Waals surface area contributed by atoms with E-state index in [-0.39, 0.29) is 23.2 Å². The van der Waals surface area contributed by atoms with Crippen molar-refractivity contribution in [2.24, 2.45) is 0 Å². The van der Waals surface area contributed by atoms with Crippen LogP contribution in [0, 0.1) is 5.21 Å². The van der Waals surface area contributed by atoms with E-state index in [1.165, 1.54) is 11.0 Å². The van der Waals surface area contributed by atoms with E-state index in [0.717, 1.165) is 0 Å². The van der Waals surface area contributed by atoms with Crippen molar-refractivity contribution in [1.29, 1.82) is 0 Å². The molecule has 8 heteroatoms. The van der Waals surface area contributed by atoms with E-state index < -0.39 is 18.5 Å². The Hall–Kier alpha value is -2.77. The van der Waals surface area contributed by atoms with Crippen LogP contribution in [-0.4, -0.2) is 34.8 Å². The number of hydroxylamine groups is 2. The van der Waals surface area contributed by atoms with Gasteiger partial charge in [0.2, 0.25) is 5.91 Å². The van der Waals surface area contributed by atoms with Gasteiger partial charge in [0.1, 0.15) is 5.15 Å². The summed E-state index contributed by atoms with van der Waals surface area (Å²) in [5, 5.41) is 14.2. The van der Waals surface area contributed by atoms with Gasteiger partial charge < -0.3 is 15.2 Å². The highest BCUT2D eigenvalue weighted by molar-refractivity contribution is 6.31. The molecule has 3 aromatic rings. The van der Waals surface area contributed by atoms with Gasteiger partial charge in [0, 0.05) is 10.6 Å². The molecule has 1 unspecified atom stereocenters. The van der Waals surface area contributed by atoms with E-state index in [0.29, 0.717) is 26.9 Å². The van der Waals surface area contributed by atoms with Crippen LogP contribution in [0.3, 0.4) is 0 Å². The molecule has 2 aromatic carbocycles. The normalized spacial score (nSPS) is 16.8. The maximum absolute atomic E-state index is 13.0. The molecule has 1 aliphatic heterocycles. The maximum Gasteiger partial charge on any atom is 0.240 e. The number of halogens is 2. The van der Waals surface area contributed by atoms with E-state index in [1.54, 1.807) is 60.7 Å². The lowest BCUT2D eigenvalue weighted by Crippen LogP contribution is -2.39. The lowest BCUT2D eigenvalue weighted by molar-refractivity contribution is -0.119. The smallest absolute Gasteiger partial charge is 0.240 e. The van der Waals surface area contributed by atoms with Crippen molar-refractivity contribution in [3.8, 4) is 0 Å². The zero-order valence-electron chi connectivity index (χ0n) is 15.7. The van der Waals surface area contributed by atoms with Gasteiger partial charge >= 0.3 is 0 Å². The second-order valence-corrected chi connectivity index (χ2v) is 7.60. The predicted octanol–water partition coefficient (Wildman–Crippen LogP) is 4.51. The van der Waals surface area contributed by atoms with Crippen molar-refractivity contribution >= 4 is 40.6 Å². The van der Waals surface area contributed by atoms with Crippen molar-refractivity contribution < 1.29 is 9.59 Å². The van der Waals surface area contributed by atoms with E-state index in [9.17, 15) is 14.8 Å². The third-order valence-corrected chi connectivity index (χ3v) is 5.45. The number of carbonyl (C=O) groups excluding carboxylic acids is 2. The zero-order chi connectivity index (χ0) is 21.3. The summed E-state index contributed by atoms with van der Waals surface area (Å²) in [6.07, 6.45) is 0. The summed E-state index contributed by atoms with van der Waals surface area (Å²) in [7, 11) is 0. The van der Waals surface area contributed by atoms with Gasteiger partial charge in [-0.3, -0.25) is 9.59 Å². The molecule has 1 amide bonds. The Labute approximate surface area is 183 Å². The topological polar surface area (TPSA) is 76.6 Å². The van der Waals surface area contributed by atoms with Gasteiger partial charge in [-0.05, 0) is 23.8 Å². The van der Waals surface area contributed by atoms with Crippen LogP contribution in [0.15, 0.2) is 66.7 Å². The van der Waals surface area contributed by atoms with Gasteiger partial charge in [-0.25, -0.2) is 4.98 Å². The number of carbonyl (C=O) groups is 2. The average molecular weight is 441 g/mol. The fourth-order valence-electron chi connectivity index (χ4n) is 3.48. The minimum atomic E-state index is -0.937. The third-order valence-electron chi connectivity index (χ3n) is 4.90. The zero-order valence-corrected chi connectivity index (χ0v) is 17.2. The summed E-state index contributed by atoms with van der Waals surface area (Å²) in [5.41, 5.74) is 1.61. The monoisotopic (exact) mass is 440 g/mol. The molecule has 0 N–H and O–H groups in total. The van der Waals surface area contributed by atoms with E-state index in [1.807, 2.05) is 0 Å². The van der Waals surface area contributed by atoms with Gasteiger partial charge in [-0.15, -0.1) is 0 Å². The van der Waals surface area contributed by atoms with Crippen LogP contribution in [0.5, 0.6) is 0 Å². The van der Waals surface area contributed by atoms with E-state index in [4.69, 9.17) is 23.2 Å². The number of amides is 1. The van der Waals surface area contributed by atoms with Crippen molar-refractivity contribution in [2.75, 3.05) is 18.0 Å². The minimum Gasteiger partial charge on any atom is -0.784 e. The first-order chi connectivity index (χ1) is 14.5. The number of pyridine rings is 1. The molecule has 0 fully saturated rings. The van der Waals surface area contributed by atoms with Crippen molar-refractivity contribution in [3.05, 3.63) is 98.9 Å². The Bertz CT molecular complexity index is 1110. The molecule has 1 aliphatic rings. The SMILES string of the molecule is O=C(CN1C(=O)CN([O-])C(c2ccccc2Cl)c2nc(Cl)ccc21)c1ccccc1. The number of anilines is 1. The van der Waals surface area contributed by atoms with E-state index >= 15 is 0 Å². The molecular formula is C22H16Cl2N3O3-. The second kappa shape index (κ2) is 8.53. The molecule has 0 bridgehead atoms. The number of nitrogens with zero attached hydrogens (tertiary/aromatic N) is 3. The standard InChI is InChI=1S/C22H16Cl2N3O3/c23-16-9-5-4-8-15(16)22-21-17(10-11-19(24)25-21)26(20(29)13-27(22)30)12-18(28)14-6-2-1-3-7-14/h1-11,22H,12-13H2/q-1. The fraction of sp³-hybridized carbons (Fsp3) is 0.136. The van der Waals surface area contributed by atoms with Crippen LogP contribution >= 0.6 is 23.2 Å². The highest BCUT2D eigenvalue weighted by atomic mass is 35.5. The maximum atomic E-state index is 13.0. The van der Waals surface area contributed by atoms with Crippen LogP contribution in [0.1, 0.15) is 27.7 Å². The number of benzene rings is 2. The van der Waals surface area contributed by atoms with Gasteiger partial charge in [0.25, 0.3) is 0 Å². The minimum absolute atomic E-state index is 0.169. The number of Topliss-reactive ketones (excluding diaryl/α,β-unsaturated/α-hetero) is 1. The summed E-state index contributed by atoms with van der Waals surface area (Å²) in [4.78, 5) is 31.4. The number of fused-ring (bicyclic) bond motifs is 1. The molecule has 1 aromatic heterocycles. The summed E-state index contributed by atoms with van der Waals surface area (Å²) in [5.74, 6) is -0.757. The lowest BCUT2D eigenvalue weighted by atomic mass is 10.0. The highest BCUT2D eigenvalue weighted by Crippen LogP contribution is 2.39. The second-order valence-electron chi connectivity index (χ2n) is 6.81. The van der Waals surface area contributed by atoms with Crippen LogP contribution in [0.4, 0.5) is 5.69 Å². The number of hydrogen-bond acceptors (Lipinski definition) is 5. The summed E-state index contributed by atoms with van der Waals surface area (Å²) in [6.45, 7) is -0.672. The molecule has 4 rings (SSSR count). The average Bonchev–Trinajstić information content (AvgIpc) is 2.83. The van der Waals surface area contributed by atoms with Gasteiger partial charge in [0.05, 0.1) is 30.5 Å². The number of rotatable bonds is 4. The molecule has 0 radical (unpaired) electrons. The fourth-order valence-corrected chi connectivity index (χ4v) is 3.88. The number of hydrogen-bond donors (Lipinski definition) is 0. The molecule has 152 valence electrons. The first-order valence-electron chi connectivity index (χ1n) is 9.19. The molecule has 0 aliphatic carbocycles. The molecule has 30 heavy (non-hydrogen) atoms. The lowest BCUT2D eigenvalue weighted by Gasteiger charge is -2.35. The Kier molecular flexibility index (Phi) is 5.83. The summed E-state index contributed by atoms with van der Waals surface area (Å²) >= 11 is 12.5. The molecule has 0 saturated heterocycles. The third kappa shape index (κ3) is 3.95.